The molecule has 1 fully saturated rings. The average Bonchev–Trinajstić information content (AvgIpc) is 3.19. The molecule has 3 rings (SSSR count). The van der Waals surface area contributed by atoms with Crippen molar-refractivity contribution in [1.29, 1.82) is 0 Å². The van der Waals surface area contributed by atoms with Gasteiger partial charge in [-0.1, -0.05) is 11.6 Å². The molecule has 1 aliphatic rings. The molecular weight excluding hydrogens is 309 g/mol. The van der Waals surface area contributed by atoms with Crippen molar-refractivity contribution >= 4 is 28.8 Å². The summed E-state index contributed by atoms with van der Waals surface area (Å²) in [6, 6.07) is 2.38. The highest BCUT2D eigenvalue weighted by Gasteiger charge is 2.34. The molecule has 0 saturated heterocycles. The maximum Gasteiger partial charge on any atom is 0.149 e. The van der Waals surface area contributed by atoms with E-state index in [-0.39, 0.29) is 16.8 Å². The van der Waals surface area contributed by atoms with Crippen LogP contribution in [0.2, 0.25) is 5.02 Å². The fraction of sp³-hybridized carbons (Fsp3) is 0.467. The molecule has 6 heteroatoms. The summed E-state index contributed by atoms with van der Waals surface area (Å²) in [7, 11) is 0. The molecule has 1 saturated carbocycles. The van der Waals surface area contributed by atoms with Crippen LogP contribution in [-0.2, 0) is 0 Å². The summed E-state index contributed by atoms with van der Waals surface area (Å²) in [6.07, 6.45) is 2.56. The van der Waals surface area contributed by atoms with Crippen LogP contribution < -0.4 is 5.32 Å². The number of nitrogens with zero attached hydrogens (tertiary/aromatic N) is 2. The number of hydrogen-bond donors (Lipinski definition) is 1. The van der Waals surface area contributed by atoms with Crippen molar-refractivity contribution in [3.05, 3.63) is 38.9 Å². The number of anilines is 1. The van der Waals surface area contributed by atoms with Gasteiger partial charge >= 0.3 is 0 Å². The van der Waals surface area contributed by atoms with Crippen molar-refractivity contribution in [2.45, 2.75) is 38.9 Å². The van der Waals surface area contributed by atoms with E-state index in [1.54, 1.807) is 11.3 Å². The van der Waals surface area contributed by atoms with Crippen LogP contribution in [0.25, 0.3) is 0 Å². The summed E-state index contributed by atoms with van der Waals surface area (Å²) >= 11 is 7.98. The van der Waals surface area contributed by atoms with E-state index in [1.165, 1.54) is 36.5 Å². The minimum absolute atomic E-state index is 0.193. The van der Waals surface area contributed by atoms with Gasteiger partial charge in [0.15, 0.2) is 0 Å². The molecule has 1 aliphatic carbocycles. The second-order valence-electron chi connectivity index (χ2n) is 5.52. The van der Waals surface area contributed by atoms with Crippen LogP contribution >= 0.6 is 22.9 Å². The van der Waals surface area contributed by atoms with Crippen LogP contribution in [0.4, 0.5) is 10.2 Å². The van der Waals surface area contributed by atoms with Gasteiger partial charge in [-0.25, -0.2) is 14.4 Å². The third-order valence-corrected chi connectivity index (χ3v) is 5.14. The van der Waals surface area contributed by atoms with Crippen molar-refractivity contribution in [3.8, 4) is 0 Å². The highest BCUT2D eigenvalue weighted by atomic mass is 35.5. The summed E-state index contributed by atoms with van der Waals surface area (Å²) in [5.74, 6) is 1.12. The first-order chi connectivity index (χ1) is 10.1. The number of rotatable bonds is 5. The van der Waals surface area contributed by atoms with Crippen LogP contribution in [0.15, 0.2) is 17.8 Å². The number of nitrogens with one attached hydrogen (secondary N) is 1. The van der Waals surface area contributed by atoms with Gasteiger partial charge in [-0.05, 0) is 49.6 Å². The lowest BCUT2D eigenvalue weighted by atomic mass is 10.1. The fourth-order valence-corrected chi connectivity index (χ4v) is 3.72. The largest absolute Gasteiger partial charge is 0.361 e. The number of aryl methyl sites for hydroxylation is 1. The number of thiophene rings is 1. The molecule has 2 atom stereocenters. The van der Waals surface area contributed by atoms with E-state index < -0.39 is 6.17 Å². The molecule has 0 amide bonds. The van der Waals surface area contributed by atoms with E-state index >= 15 is 0 Å². The summed E-state index contributed by atoms with van der Waals surface area (Å²) in [5, 5.41) is 5.82. The Labute approximate surface area is 132 Å². The molecule has 2 unspecified atom stereocenters. The standard InChI is InChI=1S/C15H17ClFN3S/c1-8-5-11(21-6-8)14(10-3-4-10)20-15-12(16)13(9(2)17)18-7-19-15/h5-7,9-10,14H,3-4H2,1-2H3,(H,18,19,20). The van der Waals surface area contributed by atoms with Crippen LogP contribution in [-0.4, -0.2) is 9.97 Å². The summed E-state index contributed by atoms with van der Waals surface area (Å²) in [5.41, 5.74) is 1.50. The second-order valence-corrected chi connectivity index (χ2v) is 6.84. The molecule has 2 heterocycles. The maximum absolute atomic E-state index is 13.5. The van der Waals surface area contributed by atoms with Crippen molar-refractivity contribution in [1.82, 2.24) is 9.97 Å². The van der Waals surface area contributed by atoms with Crippen molar-refractivity contribution in [3.63, 3.8) is 0 Å². The van der Waals surface area contributed by atoms with Gasteiger partial charge in [-0.2, -0.15) is 0 Å². The second kappa shape index (κ2) is 5.89. The Morgan fingerprint density at radius 2 is 2.19 bits per heavy atom. The molecule has 0 bridgehead atoms. The zero-order chi connectivity index (χ0) is 15.0. The van der Waals surface area contributed by atoms with Gasteiger partial charge in [0.2, 0.25) is 0 Å². The molecule has 2 aromatic heterocycles. The highest BCUT2D eigenvalue weighted by Crippen LogP contribution is 2.45. The van der Waals surface area contributed by atoms with E-state index in [0.717, 1.165) is 0 Å². The molecule has 21 heavy (non-hydrogen) atoms. The van der Waals surface area contributed by atoms with Gasteiger partial charge in [-0.15, -0.1) is 11.3 Å². The maximum atomic E-state index is 13.5. The van der Waals surface area contributed by atoms with E-state index in [9.17, 15) is 4.39 Å². The normalized spacial score (nSPS) is 17.5. The van der Waals surface area contributed by atoms with E-state index in [1.807, 2.05) is 0 Å². The van der Waals surface area contributed by atoms with E-state index in [2.05, 4.69) is 33.7 Å². The number of alkyl halides is 1. The Kier molecular flexibility index (Phi) is 4.13. The van der Waals surface area contributed by atoms with Gasteiger partial charge in [0, 0.05) is 4.88 Å². The SMILES string of the molecule is Cc1csc(C(Nc2ncnc(C(C)F)c2Cl)C2CC2)c1. The van der Waals surface area contributed by atoms with Gasteiger partial charge in [0.25, 0.3) is 0 Å². The smallest absolute Gasteiger partial charge is 0.149 e. The lowest BCUT2D eigenvalue weighted by Gasteiger charge is -2.19. The van der Waals surface area contributed by atoms with Crippen LogP contribution in [0.5, 0.6) is 0 Å². The molecule has 1 N–H and O–H groups in total. The third-order valence-electron chi connectivity index (χ3n) is 3.64. The van der Waals surface area contributed by atoms with Crippen LogP contribution in [0, 0.1) is 12.8 Å². The van der Waals surface area contributed by atoms with Crippen molar-refractivity contribution < 1.29 is 4.39 Å². The Bertz CT molecular complexity index is 640. The summed E-state index contributed by atoms with van der Waals surface area (Å²) in [6.45, 7) is 3.52. The molecule has 2 aromatic rings. The Morgan fingerprint density at radius 3 is 2.76 bits per heavy atom. The molecule has 0 spiro atoms. The summed E-state index contributed by atoms with van der Waals surface area (Å²) in [4.78, 5) is 9.39. The fourth-order valence-electron chi connectivity index (χ4n) is 2.38. The predicted molar refractivity (Wildman–Crippen MR) is 84.7 cm³/mol. The Balaban J connectivity index is 1.88. The van der Waals surface area contributed by atoms with E-state index in [4.69, 9.17) is 11.6 Å². The van der Waals surface area contributed by atoms with Gasteiger partial charge in [0.1, 0.15) is 23.3 Å². The first-order valence-corrected chi connectivity index (χ1v) is 8.28. The van der Waals surface area contributed by atoms with Crippen LogP contribution in [0.1, 0.15) is 48.1 Å². The third kappa shape index (κ3) is 3.19. The lowest BCUT2D eigenvalue weighted by Crippen LogP contribution is -2.14. The molecule has 0 aromatic carbocycles. The number of halogens is 2. The highest BCUT2D eigenvalue weighted by molar-refractivity contribution is 7.10. The first-order valence-electron chi connectivity index (χ1n) is 7.02. The number of hydrogen-bond acceptors (Lipinski definition) is 4. The molecule has 3 nitrogen and oxygen atoms in total. The van der Waals surface area contributed by atoms with Crippen molar-refractivity contribution in [2.75, 3.05) is 5.32 Å². The van der Waals surface area contributed by atoms with Crippen LogP contribution in [0.3, 0.4) is 0 Å². The molecule has 0 radical (unpaired) electrons. The van der Waals surface area contributed by atoms with Gasteiger partial charge in [0.05, 0.1) is 11.7 Å². The predicted octanol–water partition coefficient (Wildman–Crippen LogP) is 5.09. The zero-order valence-electron chi connectivity index (χ0n) is 11.9. The number of aromatic nitrogens is 2. The van der Waals surface area contributed by atoms with Gasteiger partial charge < -0.3 is 5.32 Å². The van der Waals surface area contributed by atoms with Gasteiger partial charge in [-0.3, -0.25) is 0 Å². The average molecular weight is 326 g/mol. The monoisotopic (exact) mass is 325 g/mol. The van der Waals surface area contributed by atoms with E-state index in [0.29, 0.717) is 11.7 Å². The lowest BCUT2D eigenvalue weighted by molar-refractivity contribution is 0.365. The minimum atomic E-state index is -1.20. The molecule has 0 aliphatic heterocycles. The quantitative estimate of drug-likeness (QED) is 0.831. The Morgan fingerprint density at radius 1 is 1.43 bits per heavy atom. The Hall–Kier alpha value is -1.20. The minimum Gasteiger partial charge on any atom is -0.361 e. The zero-order valence-corrected chi connectivity index (χ0v) is 13.5. The first kappa shape index (κ1) is 14.7. The van der Waals surface area contributed by atoms with Crippen molar-refractivity contribution in [2.24, 2.45) is 5.92 Å². The topological polar surface area (TPSA) is 37.8 Å². The molecule has 112 valence electrons. The molecular formula is C15H17ClFN3S. The summed E-state index contributed by atoms with van der Waals surface area (Å²) < 4.78 is 13.5.